The van der Waals surface area contributed by atoms with E-state index in [1.165, 1.54) is 16.7 Å². The zero-order valence-corrected chi connectivity index (χ0v) is 12.3. The molecule has 0 atom stereocenters. The lowest BCUT2D eigenvalue weighted by atomic mass is 10.2. The first-order valence-electron chi connectivity index (χ1n) is 5.28. The van der Waals surface area contributed by atoms with Crippen molar-refractivity contribution in [2.24, 2.45) is 4.99 Å². The normalized spacial score (nSPS) is 10.8. The molecule has 0 spiro atoms. The van der Waals surface area contributed by atoms with Crippen LogP contribution in [0.4, 0.5) is 5.69 Å². The highest BCUT2D eigenvalue weighted by Gasteiger charge is 2.13. The minimum absolute atomic E-state index is 0.194. The Hall–Kier alpha value is -1.71. The van der Waals surface area contributed by atoms with Crippen LogP contribution < -0.4 is 5.32 Å². The second kappa shape index (κ2) is 7.02. The molecule has 0 aliphatic rings. The largest absolute Gasteiger partial charge is 0.345 e. The Kier molecular flexibility index (Phi) is 5.67. The summed E-state index contributed by atoms with van der Waals surface area (Å²) in [7, 11) is 3.30. The number of amidine groups is 1. The van der Waals surface area contributed by atoms with Gasteiger partial charge >= 0.3 is 0 Å². The number of hydrogen-bond donors (Lipinski definition) is 1. The van der Waals surface area contributed by atoms with Crippen molar-refractivity contribution in [3.8, 4) is 6.19 Å². The number of nitrogens with one attached hydrogen (secondary N) is 1. The topological polar surface area (TPSA) is 68.5 Å². The van der Waals surface area contributed by atoms with Crippen LogP contribution in [0, 0.1) is 11.5 Å². The van der Waals surface area contributed by atoms with Crippen LogP contribution in [0.2, 0.25) is 5.02 Å². The molecule has 0 heterocycles. The Balaban J connectivity index is 3.16. The van der Waals surface area contributed by atoms with Gasteiger partial charge in [-0.15, -0.1) is 0 Å². The first kappa shape index (κ1) is 15.3. The summed E-state index contributed by atoms with van der Waals surface area (Å²) in [5.74, 6) is -0.194. The van der Waals surface area contributed by atoms with Crippen LogP contribution in [0.5, 0.6) is 0 Å². The Labute approximate surface area is 121 Å². The summed E-state index contributed by atoms with van der Waals surface area (Å²) in [5.41, 5.74) is 0.937. The smallest absolute Gasteiger partial charge is 0.254 e. The van der Waals surface area contributed by atoms with Gasteiger partial charge in [0.05, 0.1) is 16.3 Å². The van der Waals surface area contributed by atoms with Gasteiger partial charge in [-0.3, -0.25) is 10.1 Å². The highest BCUT2D eigenvalue weighted by molar-refractivity contribution is 8.13. The van der Waals surface area contributed by atoms with Crippen molar-refractivity contribution in [2.75, 3.05) is 20.4 Å². The molecule has 7 heteroatoms. The molecule has 1 N–H and O–H groups in total. The Morgan fingerprint density at radius 2 is 2.21 bits per heavy atom. The molecule has 100 valence electrons. The van der Waals surface area contributed by atoms with E-state index in [-0.39, 0.29) is 5.91 Å². The Morgan fingerprint density at radius 3 is 2.74 bits per heavy atom. The van der Waals surface area contributed by atoms with Gasteiger partial charge in [0.2, 0.25) is 0 Å². The number of amides is 1. The summed E-state index contributed by atoms with van der Waals surface area (Å²) in [4.78, 5) is 17.6. The number of nitrogens with zero attached hydrogens (tertiary/aromatic N) is 3. The van der Waals surface area contributed by atoms with E-state index in [9.17, 15) is 4.79 Å². The lowest BCUT2D eigenvalue weighted by molar-refractivity contribution is 0.0828. The minimum Gasteiger partial charge on any atom is -0.345 e. The molecule has 0 saturated heterocycles. The van der Waals surface area contributed by atoms with Gasteiger partial charge in [0.1, 0.15) is 0 Å². The molecule has 19 heavy (non-hydrogen) atoms. The number of carbonyl (C=O) groups is 1. The quantitative estimate of drug-likeness (QED) is 0.394. The number of benzene rings is 1. The molecular formula is C12H13ClN4OS. The summed E-state index contributed by atoms with van der Waals surface area (Å²) in [6.07, 6.45) is 3.60. The molecule has 0 aliphatic heterocycles. The minimum atomic E-state index is -0.194. The highest BCUT2D eigenvalue weighted by atomic mass is 35.5. The van der Waals surface area contributed by atoms with Gasteiger partial charge in [0.15, 0.2) is 11.4 Å². The van der Waals surface area contributed by atoms with Gasteiger partial charge in [-0.2, -0.15) is 5.26 Å². The zero-order chi connectivity index (χ0) is 14.4. The second-order valence-electron chi connectivity index (χ2n) is 3.72. The first-order chi connectivity index (χ1) is 8.99. The van der Waals surface area contributed by atoms with E-state index >= 15 is 0 Å². The highest BCUT2D eigenvalue weighted by Crippen LogP contribution is 2.24. The van der Waals surface area contributed by atoms with E-state index in [1.807, 2.05) is 0 Å². The average molecular weight is 297 g/mol. The fourth-order valence-electron chi connectivity index (χ4n) is 1.28. The molecule has 5 nitrogen and oxygen atoms in total. The number of halogens is 1. The van der Waals surface area contributed by atoms with Crippen molar-refractivity contribution in [3.63, 3.8) is 0 Å². The van der Waals surface area contributed by atoms with E-state index in [4.69, 9.17) is 16.9 Å². The molecule has 0 aromatic heterocycles. The zero-order valence-electron chi connectivity index (χ0n) is 10.8. The Morgan fingerprint density at radius 1 is 1.53 bits per heavy atom. The molecule has 0 saturated carbocycles. The second-order valence-corrected chi connectivity index (χ2v) is 4.92. The molecule has 0 radical (unpaired) electrons. The van der Waals surface area contributed by atoms with Gasteiger partial charge in [0, 0.05) is 14.1 Å². The number of rotatable bonds is 2. The molecule has 1 aromatic rings. The van der Waals surface area contributed by atoms with Gasteiger partial charge in [0.25, 0.3) is 5.91 Å². The molecule has 0 aliphatic carbocycles. The van der Waals surface area contributed by atoms with Crippen molar-refractivity contribution >= 4 is 40.1 Å². The van der Waals surface area contributed by atoms with E-state index < -0.39 is 0 Å². The molecule has 1 aromatic carbocycles. The van der Waals surface area contributed by atoms with Crippen molar-refractivity contribution in [3.05, 3.63) is 28.8 Å². The van der Waals surface area contributed by atoms with Crippen LogP contribution in [-0.2, 0) is 0 Å². The summed E-state index contributed by atoms with van der Waals surface area (Å²) in [6.45, 7) is 0. The van der Waals surface area contributed by atoms with Crippen LogP contribution >= 0.6 is 23.4 Å². The number of thioether (sulfide) groups is 1. The van der Waals surface area contributed by atoms with Crippen LogP contribution in [0.1, 0.15) is 10.4 Å². The van der Waals surface area contributed by atoms with Gasteiger partial charge < -0.3 is 4.90 Å². The molecule has 0 fully saturated rings. The molecule has 1 rings (SSSR count). The fourth-order valence-corrected chi connectivity index (χ4v) is 1.82. The Bertz CT molecular complexity index is 551. The van der Waals surface area contributed by atoms with Gasteiger partial charge in [-0.05, 0) is 24.5 Å². The van der Waals surface area contributed by atoms with Crippen molar-refractivity contribution in [1.29, 1.82) is 5.26 Å². The molecular weight excluding hydrogens is 284 g/mol. The van der Waals surface area contributed by atoms with Crippen LogP contribution in [0.15, 0.2) is 23.2 Å². The predicted molar refractivity (Wildman–Crippen MR) is 78.8 cm³/mol. The van der Waals surface area contributed by atoms with Gasteiger partial charge in [-0.1, -0.05) is 23.4 Å². The summed E-state index contributed by atoms with van der Waals surface area (Å²) in [5, 5.41) is 11.8. The van der Waals surface area contributed by atoms with E-state index in [2.05, 4.69) is 10.3 Å². The SMILES string of the molecule is CSC(=Nc1ccc(Cl)c(C(=O)N(C)C)c1)NC#N. The standard InChI is InChI=1S/C12H13ClN4OS/c1-17(2)11(18)9-6-8(4-5-10(9)13)16-12(19-3)15-7-14/h4-6H,1-3H3,(H,15,16). The number of nitriles is 1. The van der Waals surface area contributed by atoms with E-state index in [0.717, 1.165) is 0 Å². The lowest BCUT2D eigenvalue weighted by Crippen LogP contribution is -2.21. The third-order valence-corrected chi connectivity index (χ3v) is 3.08. The monoisotopic (exact) mass is 296 g/mol. The predicted octanol–water partition coefficient (Wildman–Crippen LogP) is 2.46. The molecule has 0 bridgehead atoms. The first-order valence-corrected chi connectivity index (χ1v) is 6.89. The number of carbonyl (C=O) groups excluding carboxylic acids is 1. The van der Waals surface area contributed by atoms with Crippen molar-refractivity contribution < 1.29 is 4.79 Å². The van der Waals surface area contributed by atoms with Crippen LogP contribution in [0.25, 0.3) is 0 Å². The maximum atomic E-state index is 11.9. The van der Waals surface area contributed by atoms with Gasteiger partial charge in [-0.25, -0.2) is 4.99 Å². The van der Waals surface area contributed by atoms with E-state index in [0.29, 0.717) is 21.4 Å². The summed E-state index contributed by atoms with van der Waals surface area (Å²) < 4.78 is 0. The lowest BCUT2D eigenvalue weighted by Gasteiger charge is -2.12. The van der Waals surface area contributed by atoms with Crippen molar-refractivity contribution in [1.82, 2.24) is 10.2 Å². The van der Waals surface area contributed by atoms with Crippen LogP contribution in [-0.4, -0.2) is 36.3 Å². The maximum Gasteiger partial charge on any atom is 0.254 e. The third-order valence-electron chi connectivity index (χ3n) is 2.17. The number of hydrogen-bond acceptors (Lipinski definition) is 4. The van der Waals surface area contributed by atoms with E-state index in [1.54, 1.807) is 44.7 Å². The van der Waals surface area contributed by atoms with Crippen LogP contribution in [0.3, 0.4) is 0 Å². The summed E-state index contributed by atoms with van der Waals surface area (Å²) >= 11 is 7.30. The molecule has 0 unspecified atom stereocenters. The summed E-state index contributed by atoms with van der Waals surface area (Å²) in [6, 6.07) is 4.89. The maximum absolute atomic E-state index is 11.9. The molecule has 1 amide bonds. The van der Waals surface area contributed by atoms with Crippen molar-refractivity contribution in [2.45, 2.75) is 0 Å². The third kappa shape index (κ3) is 4.16. The fraction of sp³-hybridized carbons (Fsp3) is 0.250. The number of aliphatic imine (C=N–C) groups is 1. The average Bonchev–Trinajstić information content (AvgIpc) is 2.39.